The van der Waals surface area contributed by atoms with E-state index in [9.17, 15) is 40.8 Å². The molecule has 51 heavy (non-hydrogen) atoms. The summed E-state index contributed by atoms with van der Waals surface area (Å²) in [6.07, 6.45) is -1.95. The zero-order valence-corrected chi connectivity index (χ0v) is 28.9. The van der Waals surface area contributed by atoms with Crippen molar-refractivity contribution in [2.24, 2.45) is 0 Å². The van der Waals surface area contributed by atoms with Crippen molar-refractivity contribution in [1.82, 2.24) is 10.2 Å². The van der Waals surface area contributed by atoms with Crippen LogP contribution in [0, 0.1) is 0 Å². The molecule has 5 rings (SSSR count). The number of esters is 1. The summed E-state index contributed by atoms with van der Waals surface area (Å²) >= 11 is 0.793. The molecule has 2 N–H and O–H groups in total. The molecule has 17 heteroatoms. The van der Waals surface area contributed by atoms with Crippen LogP contribution in [0.2, 0.25) is 0 Å². The highest BCUT2D eigenvalue weighted by molar-refractivity contribution is 8.00. The Morgan fingerprint density at radius 1 is 0.922 bits per heavy atom. The Labute approximate surface area is 295 Å². The minimum absolute atomic E-state index is 0.188. The van der Waals surface area contributed by atoms with Gasteiger partial charge in [-0.25, -0.2) is 9.59 Å². The van der Waals surface area contributed by atoms with E-state index < -0.39 is 79.8 Å². The predicted molar refractivity (Wildman–Crippen MR) is 179 cm³/mol. The van der Waals surface area contributed by atoms with Crippen molar-refractivity contribution in [3.63, 3.8) is 0 Å². The van der Waals surface area contributed by atoms with E-state index in [4.69, 9.17) is 9.47 Å². The van der Waals surface area contributed by atoms with Crippen molar-refractivity contribution >= 4 is 51.4 Å². The Morgan fingerprint density at radius 2 is 1.49 bits per heavy atom. The molecule has 12 nitrogen and oxygen atoms in total. The van der Waals surface area contributed by atoms with E-state index in [-0.39, 0.29) is 6.42 Å². The second-order valence-corrected chi connectivity index (χ2v) is 15.0. The summed E-state index contributed by atoms with van der Waals surface area (Å²) < 4.78 is 79.5. The van der Waals surface area contributed by atoms with Gasteiger partial charge >= 0.3 is 27.7 Å². The first-order chi connectivity index (χ1) is 23.9. The van der Waals surface area contributed by atoms with Crippen LogP contribution >= 0.6 is 11.8 Å². The number of fused-ring (bicyclic) bond motifs is 1. The number of rotatable bonds is 10. The second-order valence-electron chi connectivity index (χ2n) is 12.3. The van der Waals surface area contributed by atoms with Gasteiger partial charge in [-0.1, -0.05) is 72.8 Å². The maximum Gasteiger partial charge on any atom is 0.534 e. The molecule has 2 aliphatic rings. The van der Waals surface area contributed by atoms with Gasteiger partial charge in [-0.3, -0.25) is 19.8 Å². The van der Waals surface area contributed by atoms with E-state index in [1.807, 2.05) is 0 Å². The van der Waals surface area contributed by atoms with E-state index in [0.717, 1.165) is 16.7 Å². The van der Waals surface area contributed by atoms with Crippen LogP contribution in [-0.2, 0) is 44.6 Å². The molecule has 1 saturated heterocycles. The molecule has 0 aromatic heterocycles. The first-order valence-electron chi connectivity index (χ1n) is 15.3. The van der Waals surface area contributed by atoms with Gasteiger partial charge in [0, 0.05) is 5.69 Å². The van der Waals surface area contributed by atoms with Crippen molar-refractivity contribution in [3.05, 3.63) is 113 Å². The number of thioether (sulfide) groups is 1. The number of hydrogen-bond donors (Lipinski definition) is 2. The standard InChI is InChI=1S/C34H32F3N3O9S2/c1-33(2,3)48-32(44)38-23-16-14-20(15-17-23)18-25(41)39-26-29(42)40-27(24(19-50-30(26)40)49-51(45,46)34(35,36)37)31(43)47-28(21-10-6-4-7-11-21)22-12-8-5-9-13-22/h4-17,26,28,30H,18-19H2,1-3H3,(H,38,44)(H,39,41)/t26?,30-/m1/s1. The van der Waals surface area contributed by atoms with E-state index in [0.29, 0.717) is 22.4 Å². The zero-order valence-electron chi connectivity index (χ0n) is 27.3. The van der Waals surface area contributed by atoms with Crippen LogP contribution in [0.5, 0.6) is 0 Å². The third-order valence-corrected chi connectivity index (χ3v) is 9.57. The molecule has 2 atom stereocenters. The molecule has 1 fully saturated rings. The fraction of sp³-hybridized carbons (Fsp3) is 0.294. The Morgan fingerprint density at radius 3 is 2.02 bits per heavy atom. The van der Waals surface area contributed by atoms with Crippen LogP contribution in [0.3, 0.4) is 0 Å². The lowest BCUT2D eigenvalue weighted by Crippen LogP contribution is -2.70. The fourth-order valence-corrected chi connectivity index (χ4v) is 6.93. The zero-order chi connectivity index (χ0) is 37.1. The number of carbonyl (C=O) groups excluding carboxylic acids is 4. The number of nitrogens with one attached hydrogen (secondary N) is 2. The number of halogens is 3. The molecule has 2 aliphatic heterocycles. The fourth-order valence-electron chi connectivity index (χ4n) is 5.11. The quantitative estimate of drug-likeness (QED) is 0.119. The highest BCUT2D eigenvalue weighted by Gasteiger charge is 2.57. The average molecular weight is 748 g/mol. The molecule has 0 bridgehead atoms. The number of carbonyl (C=O) groups is 4. The molecule has 270 valence electrons. The maximum absolute atomic E-state index is 13.8. The molecule has 0 radical (unpaired) electrons. The van der Waals surface area contributed by atoms with E-state index >= 15 is 0 Å². The Hall–Kier alpha value is -5.03. The molecule has 0 spiro atoms. The summed E-state index contributed by atoms with van der Waals surface area (Å²) in [6, 6.07) is 21.8. The predicted octanol–water partition coefficient (Wildman–Crippen LogP) is 5.39. The number of ether oxygens (including phenoxy) is 2. The first-order valence-corrected chi connectivity index (χ1v) is 17.8. The molecular formula is C34H32F3N3O9S2. The van der Waals surface area contributed by atoms with Crippen molar-refractivity contribution in [2.75, 3.05) is 11.1 Å². The number of amides is 3. The SMILES string of the molecule is CC(C)(C)OC(=O)Nc1ccc(CC(=O)NC2C(=O)N3C(C(=O)OC(c4ccccc4)c4ccccc4)=C(OS(=O)(=O)C(F)(F)F)CS[C@H]23)cc1. The normalized spacial score (nSPS) is 17.6. The maximum atomic E-state index is 13.8. The number of hydrogen-bond acceptors (Lipinski definition) is 10. The number of alkyl halides is 3. The summed E-state index contributed by atoms with van der Waals surface area (Å²) in [5, 5.41) is 4.14. The first kappa shape index (κ1) is 37.2. The summed E-state index contributed by atoms with van der Waals surface area (Å²) in [6.45, 7) is 5.15. The van der Waals surface area contributed by atoms with Gasteiger partial charge in [0.1, 0.15) is 17.0 Å². The summed E-state index contributed by atoms with van der Waals surface area (Å²) in [4.78, 5) is 53.0. The lowest BCUT2D eigenvalue weighted by Gasteiger charge is -2.49. The van der Waals surface area contributed by atoms with Crippen LogP contribution < -0.4 is 10.6 Å². The van der Waals surface area contributed by atoms with Crippen LogP contribution in [0.4, 0.5) is 23.7 Å². The molecule has 2 heterocycles. The smallest absolute Gasteiger partial charge is 0.448 e. The van der Waals surface area contributed by atoms with Gasteiger partial charge in [0.05, 0.1) is 12.2 Å². The number of anilines is 1. The van der Waals surface area contributed by atoms with Crippen LogP contribution in [-0.4, -0.2) is 65.5 Å². The van der Waals surface area contributed by atoms with Gasteiger partial charge in [0.2, 0.25) is 5.91 Å². The van der Waals surface area contributed by atoms with E-state index in [1.165, 1.54) is 0 Å². The van der Waals surface area contributed by atoms with Gasteiger partial charge in [-0.05, 0) is 49.6 Å². The molecule has 3 amide bonds. The monoisotopic (exact) mass is 747 g/mol. The van der Waals surface area contributed by atoms with Crippen LogP contribution in [0.1, 0.15) is 43.6 Å². The number of benzene rings is 3. The topological polar surface area (TPSA) is 157 Å². The average Bonchev–Trinajstić information content (AvgIpc) is 3.06. The highest BCUT2D eigenvalue weighted by atomic mass is 32.2. The summed E-state index contributed by atoms with van der Waals surface area (Å²) in [5.74, 6) is -4.33. The van der Waals surface area contributed by atoms with Crippen LogP contribution in [0.25, 0.3) is 0 Å². The van der Waals surface area contributed by atoms with Gasteiger partial charge in [-0.2, -0.15) is 21.6 Å². The van der Waals surface area contributed by atoms with Crippen LogP contribution in [0.15, 0.2) is 96.4 Å². The van der Waals surface area contributed by atoms with Gasteiger partial charge in [-0.15, -0.1) is 11.8 Å². The number of nitrogens with zero attached hydrogens (tertiary/aromatic N) is 1. The summed E-state index contributed by atoms with van der Waals surface area (Å²) in [7, 11) is -6.23. The van der Waals surface area contributed by atoms with Crippen molar-refractivity contribution < 1.29 is 54.4 Å². The van der Waals surface area contributed by atoms with Crippen molar-refractivity contribution in [1.29, 1.82) is 0 Å². The Balaban J connectivity index is 1.34. The Kier molecular flexibility index (Phi) is 10.7. The minimum atomic E-state index is -6.23. The molecular weight excluding hydrogens is 716 g/mol. The van der Waals surface area contributed by atoms with Crippen molar-refractivity contribution in [3.8, 4) is 0 Å². The van der Waals surface area contributed by atoms with Gasteiger partial charge < -0.3 is 19.0 Å². The molecule has 1 unspecified atom stereocenters. The lowest BCUT2D eigenvalue weighted by atomic mass is 10.0. The van der Waals surface area contributed by atoms with Gasteiger partial charge in [0.15, 0.2) is 17.6 Å². The Bertz CT molecular complexity index is 1890. The van der Waals surface area contributed by atoms with E-state index in [1.54, 1.807) is 106 Å². The van der Waals surface area contributed by atoms with E-state index in [2.05, 4.69) is 14.8 Å². The molecule has 0 aliphatic carbocycles. The molecule has 0 saturated carbocycles. The lowest BCUT2D eigenvalue weighted by molar-refractivity contribution is -0.155. The third kappa shape index (κ3) is 8.83. The largest absolute Gasteiger partial charge is 0.534 e. The van der Waals surface area contributed by atoms with Crippen molar-refractivity contribution in [2.45, 2.75) is 55.8 Å². The summed E-state index contributed by atoms with van der Waals surface area (Å²) in [5.41, 5.74) is -5.45. The molecule has 3 aromatic carbocycles. The second kappa shape index (κ2) is 14.7. The highest BCUT2D eigenvalue weighted by Crippen LogP contribution is 2.43. The third-order valence-electron chi connectivity index (χ3n) is 7.33. The molecule has 3 aromatic rings. The minimum Gasteiger partial charge on any atom is -0.448 e. The van der Waals surface area contributed by atoms with Gasteiger partial charge in [0.25, 0.3) is 5.91 Å². The number of β-lactam (4-membered cyclic amide) rings is 1.